The standard InChI is InChI=1S/C25H36O5/c1-16(27)30-15-25-12-5-4-6-17(25)7-8-18-20-10-9-19(23(28)29-3)22(14-26)24(20,2)13-11-21(18)25/h9,14,17-18,20-22H,4-8,10-13,15H2,1-3H3/t17-,18+,20+,21+,22+,24+,25-/m1/s1. The molecule has 0 aromatic carbocycles. The van der Waals surface area contributed by atoms with Crippen molar-refractivity contribution in [2.24, 2.45) is 40.4 Å². The van der Waals surface area contributed by atoms with Gasteiger partial charge in [0, 0.05) is 17.9 Å². The Labute approximate surface area is 179 Å². The van der Waals surface area contributed by atoms with E-state index in [1.807, 2.05) is 6.08 Å². The van der Waals surface area contributed by atoms with Gasteiger partial charge in [0.05, 0.1) is 19.6 Å². The van der Waals surface area contributed by atoms with Crippen LogP contribution < -0.4 is 0 Å². The van der Waals surface area contributed by atoms with Gasteiger partial charge in [0.1, 0.15) is 6.29 Å². The highest BCUT2D eigenvalue weighted by Gasteiger charge is 2.61. The second kappa shape index (κ2) is 8.12. The molecule has 0 unspecified atom stereocenters. The maximum Gasteiger partial charge on any atom is 0.334 e. The lowest BCUT2D eigenvalue weighted by Crippen LogP contribution is -2.58. The fourth-order valence-corrected chi connectivity index (χ4v) is 8.06. The number of fused-ring (bicyclic) bond motifs is 5. The van der Waals surface area contributed by atoms with E-state index in [1.165, 1.54) is 46.1 Å². The second-order valence-corrected chi connectivity index (χ2v) is 10.5. The summed E-state index contributed by atoms with van der Waals surface area (Å²) in [6, 6.07) is 0. The molecule has 0 amide bonds. The fraction of sp³-hybridized carbons (Fsp3) is 0.800. The Balaban J connectivity index is 1.68. The van der Waals surface area contributed by atoms with Gasteiger partial charge in [-0.05, 0) is 74.0 Å². The Hall–Kier alpha value is -1.65. The van der Waals surface area contributed by atoms with Crippen molar-refractivity contribution in [2.75, 3.05) is 13.7 Å². The van der Waals surface area contributed by atoms with Crippen LogP contribution in [0.5, 0.6) is 0 Å². The van der Waals surface area contributed by atoms with Crippen LogP contribution in [0.1, 0.15) is 71.6 Å². The summed E-state index contributed by atoms with van der Waals surface area (Å²) in [6.45, 7) is 4.29. The third kappa shape index (κ3) is 3.23. The summed E-state index contributed by atoms with van der Waals surface area (Å²) in [5.74, 6) is 1.15. The number of methoxy groups -OCH3 is 1. The average Bonchev–Trinajstić information content (AvgIpc) is 2.75. The third-order valence-corrected chi connectivity index (χ3v) is 9.46. The highest BCUT2D eigenvalue weighted by molar-refractivity contribution is 5.93. The van der Waals surface area contributed by atoms with Crippen molar-refractivity contribution in [1.82, 2.24) is 0 Å². The first-order valence-corrected chi connectivity index (χ1v) is 11.7. The average molecular weight is 417 g/mol. The molecule has 30 heavy (non-hydrogen) atoms. The molecule has 3 saturated carbocycles. The van der Waals surface area contributed by atoms with Crippen LogP contribution in [0, 0.1) is 40.4 Å². The minimum atomic E-state index is -0.391. The van der Waals surface area contributed by atoms with Crippen LogP contribution in [-0.2, 0) is 23.9 Å². The lowest BCUT2D eigenvalue weighted by atomic mass is 9.42. The normalized spacial score (nSPS) is 42.6. The topological polar surface area (TPSA) is 69.7 Å². The molecular formula is C25H36O5. The fourth-order valence-electron chi connectivity index (χ4n) is 8.06. The number of esters is 2. The van der Waals surface area contributed by atoms with Crippen LogP contribution in [0.4, 0.5) is 0 Å². The van der Waals surface area contributed by atoms with Gasteiger partial charge < -0.3 is 14.3 Å². The van der Waals surface area contributed by atoms with Crippen molar-refractivity contribution >= 4 is 18.2 Å². The van der Waals surface area contributed by atoms with Gasteiger partial charge in [0.15, 0.2) is 0 Å². The van der Waals surface area contributed by atoms with Gasteiger partial charge in [-0.3, -0.25) is 4.79 Å². The first kappa shape index (κ1) is 21.6. The van der Waals surface area contributed by atoms with Gasteiger partial charge in [0.2, 0.25) is 0 Å². The summed E-state index contributed by atoms with van der Waals surface area (Å²) >= 11 is 0. The van der Waals surface area contributed by atoms with Crippen molar-refractivity contribution in [3.63, 3.8) is 0 Å². The molecule has 0 N–H and O–H groups in total. The summed E-state index contributed by atoms with van der Waals surface area (Å²) in [6.07, 6.45) is 13.0. The lowest BCUT2D eigenvalue weighted by Gasteiger charge is -2.63. The lowest BCUT2D eigenvalue weighted by molar-refractivity contribution is -0.172. The number of ether oxygens (including phenoxy) is 2. The minimum absolute atomic E-state index is 0.0944. The molecule has 0 aliphatic heterocycles. The Morgan fingerprint density at radius 3 is 2.63 bits per heavy atom. The van der Waals surface area contributed by atoms with E-state index in [9.17, 15) is 14.4 Å². The minimum Gasteiger partial charge on any atom is -0.466 e. The largest absolute Gasteiger partial charge is 0.466 e. The number of hydrogen-bond donors (Lipinski definition) is 0. The van der Waals surface area contributed by atoms with Crippen LogP contribution in [0.3, 0.4) is 0 Å². The van der Waals surface area contributed by atoms with E-state index in [1.54, 1.807) is 0 Å². The SMILES string of the molecule is COC(=O)C1=CC[C@H]2[C@@H]3CC[C@H]4CCCC[C@]4(COC(C)=O)[C@H]3CC[C@]2(C)[C@H]1C=O. The molecule has 0 radical (unpaired) electrons. The van der Waals surface area contributed by atoms with Crippen LogP contribution >= 0.6 is 0 Å². The maximum absolute atomic E-state index is 12.3. The zero-order valence-corrected chi connectivity index (χ0v) is 18.7. The Kier molecular flexibility index (Phi) is 5.84. The molecule has 7 atom stereocenters. The van der Waals surface area contributed by atoms with Crippen LogP contribution in [0.25, 0.3) is 0 Å². The Morgan fingerprint density at radius 1 is 1.13 bits per heavy atom. The van der Waals surface area contributed by atoms with Crippen LogP contribution in [0.15, 0.2) is 11.6 Å². The van der Waals surface area contributed by atoms with E-state index in [0.29, 0.717) is 35.9 Å². The van der Waals surface area contributed by atoms with E-state index in [4.69, 9.17) is 9.47 Å². The number of carbonyl (C=O) groups is 3. The van der Waals surface area contributed by atoms with Crippen molar-refractivity contribution in [1.29, 1.82) is 0 Å². The second-order valence-electron chi connectivity index (χ2n) is 10.5. The predicted molar refractivity (Wildman–Crippen MR) is 112 cm³/mol. The van der Waals surface area contributed by atoms with Crippen molar-refractivity contribution < 1.29 is 23.9 Å². The van der Waals surface area contributed by atoms with Crippen LogP contribution in [-0.4, -0.2) is 31.9 Å². The summed E-state index contributed by atoms with van der Waals surface area (Å²) in [5.41, 5.74) is 0.438. The highest BCUT2D eigenvalue weighted by Crippen LogP contribution is 2.66. The Morgan fingerprint density at radius 2 is 1.93 bits per heavy atom. The van der Waals surface area contributed by atoms with Crippen molar-refractivity contribution in [3.8, 4) is 0 Å². The third-order valence-electron chi connectivity index (χ3n) is 9.46. The van der Waals surface area contributed by atoms with Crippen molar-refractivity contribution in [2.45, 2.75) is 71.6 Å². The van der Waals surface area contributed by atoms with Gasteiger partial charge in [-0.25, -0.2) is 4.79 Å². The molecule has 0 aromatic heterocycles. The predicted octanol–water partition coefficient (Wildman–Crippen LogP) is 4.49. The monoisotopic (exact) mass is 416 g/mol. The molecule has 4 aliphatic carbocycles. The number of carbonyl (C=O) groups excluding carboxylic acids is 3. The van der Waals surface area contributed by atoms with Crippen molar-refractivity contribution in [3.05, 3.63) is 11.6 Å². The first-order valence-electron chi connectivity index (χ1n) is 11.7. The summed E-state index contributed by atoms with van der Waals surface area (Å²) < 4.78 is 10.7. The Bertz CT molecular complexity index is 742. The number of rotatable bonds is 4. The maximum atomic E-state index is 12.3. The molecule has 5 nitrogen and oxygen atoms in total. The van der Waals surface area contributed by atoms with Gasteiger partial charge >= 0.3 is 11.9 Å². The van der Waals surface area contributed by atoms with Gasteiger partial charge in [-0.15, -0.1) is 0 Å². The van der Waals surface area contributed by atoms with E-state index < -0.39 is 5.92 Å². The highest BCUT2D eigenvalue weighted by atomic mass is 16.5. The van der Waals surface area contributed by atoms with Gasteiger partial charge in [0.25, 0.3) is 0 Å². The summed E-state index contributed by atoms with van der Waals surface area (Å²) in [4.78, 5) is 36.2. The van der Waals surface area contributed by atoms with E-state index in [0.717, 1.165) is 32.0 Å². The molecule has 0 bridgehead atoms. The molecular weight excluding hydrogens is 380 g/mol. The molecule has 0 heterocycles. The molecule has 4 rings (SSSR count). The molecule has 5 heteroatoms. The zero-order valence-electron chi connectivity index (χ0n) is 18.7. The van der Waals surface area contributed by atoms with Gasteiger partial charge in [-0.1, -0.05) is 25.8 Å². The molecule has 4 aliphatic rings. The van der Waals surface area contributed by atoms with Crippen LogP contribution in [0.2, 0.25) is 0 Å². The van der Waals surface area contributed by atoms with E-state index in [2.05, 4.69) is 6.92 Å². The zero-order chi connectivity index (χ0) is 21.5. The number of hydrogen-bond acceptors (Lipinski definition) is 5. The molecule has 0 spiro atoms. The molecule has 3 fully saturated rings. The first-order chi connectivity index (χ1) is 14.4. The van der Waals surface area contributed by atoms with Gasteiger partial charge in [-0.2, -0.15) is 0 Å². The molecule has 0 aromatic rings. The number of aldehydes is 1. The summed E-state index contributed by atoms with van der Waals surface area (Å²) in [5, 5.41) is 0. The van der Waals surface area contributed by atoms with E-state index in [-0.39, 0.29) is 22.8 Å². The number of allylic oxidation sites excluding steroid dienone is 1. The molecule has 0 saturated heterocycles. The molecule has 166 valence electrons. The van der Waals surface area contributed by atoms with E-state index >= 15 is 0 Å². The summed E-state index contributed by atoms with van der Waals surface area (Å²) in [7, 11) is 1.39. The quantitative estimate of drug-likeness (QED) is 0.499. The smallest absolute Gasteiger partial charge is 0.334 e.